The molecule has 0 aromatic heterocycles. The fourth-order valence-corrected chi connectivity index (χ4v) is 1.02. The Hall–Kier alpha value is -1.53. The van der Waals surface area contributed by atoms with Gasteiger partial charge in [0.05, 0.1) is 10.6 Å². The van der Waals surface area contributed by atoms with Crippen molar-refractivity contribution in [2.24, 2.45) is 0 Å². The average Bonchev–Trinajstić information content (AvgIpc) is 2.15. The van der Waals surface area contributed by atoms with E-state index in [2.05, 4.69) is 0 Å². The maximum atomic E-state index is 9.98. The minimum Gasteiger partial charge on any atom is -0.486 e. The van der Waals surface area contributed by atoms with Crippen molar-refractivity contribution in [3.8, 4) is 11.8 Å². The molecule has 0 saturated carbocycles. The highest BCUT2D eigenvalue weighted by molar-refractivity contribution is 6.31. The van der Waals surface area contributed by atoms with E-state index in [4.69, 9.17) is 21.6 Å². The highest BCUT2D eigenvalue weighted by atomic mass is 35.5. The van der Waals surface area contributed by atoms with Gasteiger partial charge in [0.1, 0.15) is 18.4 Å². The van der Waals surface area contributed by atoms with Crippen molar-refractivity contribution in [1.82, 2.24) is 0 Å². The smallest absolute Gasteiger partial charge is 0.157 e. The summed E-state index contributed by atoms with van der Waals surface area (Å²) >= 11 is 5.72. The van der Waals surface area contributed by atoms with Gasteiger partial charge < -0.3 is 4.74 Å². The number of ether oxygens (including phenoxy) is 1. The van der Waals surface area contributed by atoms with E-state index >= 15 is 0 Å². The molecule has 0 fully saturated rings. The van der Waals surface area contributed by atoms with Crippen molar-refractivity contribution < 1.29 is 9.53 Å². The van der Waals surface area contributed by atoms with E-state index in [0.29, 0.717) is 22.6 Å². The number of nitrogens with zero attached hydrogens (tertiary/aromatic N) is 1. The molecule has 0 bridgehead atoms. The van der Waals surface area contributed by atoms with Gasteiger partial charge in [0, 0.05) is 6.07 Å². The lowest BCUT2D eigenvalue weighted by Gasteiger charge is -2.02. The molecule has 1 rings (SSSR count). The van der Waals surface area contributed by atoms with Crippen LogP contribution in [0.2, 0.25) is 5.02 Å². The summed E-state index contributed by atoms with van der Waals surface area (Å²) < 4.78 is 4.97. The second-order valence-corrected chi connectivity index (χ2v) is 2.64. The third kappa shape index (κ3) is 2.46. The van der Waals surface area contributed by atoms with Crippen LogP contribution in [0.15, 0.2) is 18.2 Å². The summed E-state index contributed by atoms with van der Waals surface area (Å²) in [4.78, 5) is 9.98. The van der Waals surface area contributed by atoms with Crippen LogP contribution in [-0.2, 0) is 4.79 Å². The van der Waals surface area contributed by atoms with Gasteiger partial charge in [-0.15, -0.1) is 0 Å². The van der Waals surface area contributed by atoms with Gasteiger partial charge in [-0.1, -0.05) is 11.6 Å². The van der Waals surface area contributed by atoms with Crippen LogP contribution in [-0.4, -0.2) is 12.9 Å². The Morgan fingerprint density at radius 1 is 1.62 bits per heavy atom. The van der Waals surface area contributed by atoms with Crippen molar-refractivity contribution >= 4 is 17.9 Å². The van der Waals surface area contributed by atoms with Crippen molar-refractivity contribution in [2.45, 2.75) is 0 Å². The van der Waals surface area contributed by atoms with E-state index in [0.717, 1.165) is 0 Å². The van der Waals surface area contributed by atoms with Crippen LogP contribution in [0.4, 0.5) is 0 Å². The average molecular weight is 196 g/mol. The zero-order valence-corrected chi connectivity index (χ0v) is 7.41. The minimum atomic E-state index is -0.0117. The predicted molar refractivity (Wildman–Crippen MR) is 47.7 cm³/mol. The Balaban J connectivity index is 2.84. The number of carbonyl (C=O) groups is 1. The summed E-state index contributed by atoms with van der Waals surface area (Å²) in [5, 5.41) is 8.88. The third-order valence-electron chi connectivity index (χ3n) is 1.38. The molecular formula is C9H6ClNO2. The van der Waals surface area contributed by atoms with Gasteiger partial charge in [0.2, 0.25) is 0 Å². The van der Waals surface area contributed by atoms with Gasteiger partial charge in [-0.2, -0.15) is 5.26 Å². The molecular weight excluding hydrogens is 190 g/mol. The first kappa shape index (κ1) is 9.56. The highest BCUT2D eigenvalue weighted by Crippen LogP contribution is 2.21. The molecule has 1 aromatic carbocycles. The van der Waals surface area contributed by atoms with Crippen molar-refractivity contribution in [2.75, 3.05) is 6.61 Å². The van der Waals surface area contributed by atoms with E-state index in [-0.39, 0.29) is 6.61 Å². The lowest BCUT2D eigenvalue weighted by atomic mass is 10.2. The molecule has 0 heterocycles. The molecule has 13 heavy (non-hydrogen) atoms. The molecule has 0 spiro atoms. The summed E-state index contributed by atoms with van der Waals surface area (Å²) in [6.45, 7) is -0.0117. The molecule has 0 aliphatic carbocycles. The summed E-state index contributed by atoms with van der Waals surface area (Å²) in [6.07, 6.45) is 0.645. The second kappa shape index (κ2) is 4.48. The Morgan fingerprint density at radius 3 is 2.92 bits per heavy atom. The Labute approximate surface area is 80.5 Å². The van der Waals surface area contributed by atoms with E-state index in [1.165, 1.54) is 6.07 Å². The normalized spacial score (nSPS) is 8.92. The number of halogens is 1. The Kier molecular flexibility index (Phi) is 3.30. The lowest BCUT2D eigenvalue weighted by molar-refractivity contribution is -0.109. The number of hydrogen-bond donors (Lipinski definition) is 0. The monoisotopic (exact) mass is 195 g/mol. The van der Waals surface area contributed by atoms with Crippen LogP contribution in [0.25, 0.3) is 0 Å². The Morgan fingerprint density at radius 2 is 2.38 bits per heavy atom. The fraction of sp³-hybridized carbons (Fsp3) is 0.111. The van der Waals surface area contributed by atoms with Gasteiger partial charge in [-0.3, -0.25) is 4.79 Å². The van der Waals surface area contributed by atoms with E-state index in [1.54, 1.807) is 12.1 Å². The SMILES string of the molecule is N#Cc1ccc(OCC=O)cc1Cl. The van der Waals surface area contributed by atoms with Crippen molar-refractivity contribution in [3.05, 3.63) is 28.8 Å². The first-order valence-corrected chi connectivity index (χ1v) is 3.92. The van der Waals surface area contributed by atoms with E-state index < -0.39 is 0 Å². The highest BCUT2D eigenvalue weighted by Gasteiger charge is 2.00. The van der Waals surface area contributed by atoms with E-state index in [1.807, 2.05) is 6.07 Å². The predicted octanol–water partition coefficient (Wildman–Crippen LogP) is 1.79. The number of rotatable bonds is 3. The summed E-state index contributed by atoms with van der Waals surface area (Å²) in [7, 11) is 0. The standard InChI is InChI=1S/C9H6ClNO2/c10-9-5-8(13-4-3-12)2-1-7(9)6-11/h1-3,5H,4H2. The molecule has 0 radical (unpaired) electrons. The molecule has 1 aromatic rings. The zero-order chi connectivity index (χ0) is 9.68. The molecule has 0 atom stereocenters. The van der Waals surface area contributed by atoms with Crippen LogP contribution in [0, 0.1) is 11.3 Å². The van der Waals surface area contributed by atoms with Crippen LogP contribution in [0.1, 0.15) is 5.56 Å². The number of carbonyl (C=O) groups excluding carboxylic acids is 1. The molecule has 0 N–H and O–H groups in total. The number of aldehydes is 1. The fourth-order valence-electron chi connectivity index (χ4n) is 0.807. The first-order chi connectivity index (χ1) is 6.27. The molecule has 0 unspecified atom stereocenters. The molecule has 4 heteroatoms. The maximum absolute atomic E-state index is 9.98. The topological polar surface area (TPSA) is 50.1 Å². The van der Waals surface area contributed by atoms with Gasteiger partial charge in [-0.05, 0) is 12.1 Å². The summed E-state index contributed by atoms with van der Waals surface area (Å²) in [5.41, 5.74) is 0.389. The molecule has 0 amide bonds. The van der Waals surface area contributed by atoms with Crippen LogP contribution < -0.4 is 4.74 Å². The van der Waals surface area contributed by atoms with Crippen LogP contribution in [0.5, 0.6) is 5.75 Å². The molecule has 66 valence electrons. The molecule has 0 saturated heterocycles. The number of hydrogen-bond acceptors (Lipinski definition) is 3. The van der Waals surface area contributed by atoms with Gasteiger partial charge in [0.25, 0.3) is 0 Å². The lowest BCUT2D eigenvalue weighted by Crippen LogP contribution is -1.97. The van der Waals surface area contributed by atoms with Crippen LogP contribution in [0.3, 0.4) is 0 Å². The summed E-state index contributed by atoms with van der Waals surface area (Å²) in [6, 6.07) is 6.56. The molecule has 3 nitrogen and oxygen atoms in total. The number of benzene rings is 1. The Bertz CT molecular complexity index is 357. The molecule has 0 aliphatic heterocycles. The van der Waals surface area contributed by atoms with Crippen molar-refractivity contribution in [1.29, 1.82) is 5.26 Å². The number of nitriles is 1. The minimum absolute atomic E-state index is 0.0117. The van der Waals surface area contributed by atoms with Gasteiger partial charge >= 0.3 is 0 Å². The van der Waals surface area contributed by atoms with Crippen molar-refractivity contribution in [3.63, 3.8) is 0 Å². The third-order valence-corrected chi connectivity index (χ3v) is 1.69. The van der Waals surface area contributed by atoms with Crippen LogP contribution >= 0.6 is 11.6 Å². The summed E-state index contributed by atoms with van der Waals surface area (Å²) in [5.74, 6) is 0.483. The molecule has 0 aliphatic rings. The largest absolute Gasteiger partial charge is 0.486 e. The second-order valence-electron chi connectivity index (χ2n) is 2.23. The quantitative estimate of drug-likeness (QED) is 0.691. The first-order valence-electron chi connectivity index (χ1n) is 3.54. The van der Waals surface area contributed by atoms with E-state index in [9.17, 15) is 4.79 Å². The van der Waals surface area contributed by atoms with Gasteiger partial charge in [0.15, 0.2) is 6.29 Å². The maximum Gasteiger partial charge on any atom is 0.157 e. The zero-order valence-electron chi connectivity index (χ0n) is 6.66. The van der Waals surface area contributed by atoms with Gasteiger partial charge in [-0.25, -0.2) is 0 Å².